The molecule has 0 amide bonds. The second kappa shape index (κ2) is 5.46. The van der Waals surface area contributed by atoms with Crippen molar-refractivity contribution >= 4 is 38.9 Å². The van der Waals surface area contributed by atoms with Gasteiger partial charge in [0.05, 0.1) is 27.2 Å². The number of nitrogens with zero attached hydrogens (tertiary/aromatic N) is 1. The molecule has 1 fully saturated rings. The summed E-state index contributed by atoms with van der Waals surface area (Å²) in [7, 11) is -3.71. The third-order valence-corrected chi connectivity index (χ3v) is 5.75. The monoisotopic (exact) mass is 324 g/mol. The third-order valence-electron chi connectivity index (χ3n) is 3.19. The fraction of sp³-hybridized carbons (Fsp3) is 0.455. The Balaban J connectivity index is 2.45. The first-order valence-corrected chi connectivity index (χ1v) is 7.94. The number of hydrogen-bond acceptors (Lipinski definition) is 4. The first-order valence-electron chi connectivity index (χ1n) is 5.75. The molecule has 0 radical (unpaired) electrons. The lowest BCUT2D eigenvalue weighted by atomic mass is 10.2. The summed E-state index contributed by atoms with van der Waals surface area (Å²) in [6.07, 6.45) is 1.37. The maximum absolute atomic E-state index is 12.5. The van der Waals surface area contributed by atoms with Crippen LogP contribution in [0.15, 0.2) is 17.0 Å². The molecule has 8 heteroatoms. The zero-order valence-electron chi connectivity index (χ0n) is 10.0. The molecule has 1 saturated heterocycles. The Morgan fingerprint density at radius 1 is 1.37 bits per heavy atom. The molecular formula is C11H14Cl2N2O3S. The number of halogens is 2. The van der Waals surface area contributed by atoms with Crippen LogP contribution in [0, 0.1) is 0 Å². The first-order chi connectivity index (χ1) is 8.87. The SMILES string of the molecule is Nc1c(Cl)cc(S(=O)(=O)N2CCCC2CO)cc1Cl. The van der Waals surface area contributed by atoms with Gasteiger partial charge in [-0.05, 0) is 25.0 Å². The molecule has 3 N–H and O–H groups in total. The molecule has 106 valence electrons. The molecule has 1 heterocycles. The van der Waals surface area contributed by atoms with E-state index >= 15 is 0 Å². The summed E-state index contributed by atoms with van der Waals surface area (Å²) in [6, 6.07) is 2.18. The van der Waals surface area contributed by atoms with Crippen LogP contribution in [0.1, 0.15) is 12.8 Å². The van der Waals surface area contributed by atoms with Gasteiger partial charge in [-0.2, -0.15) is 4.31 Å². The maximum atomic E-state index is 12.5. The average Bonchev–Trinajstić information content (AvgIpc) is 2.84. The number of aliphatic hydroxyl groups excluding tert-OH is 1. The number of aliphatic hydroxyl groups is 1. The molecule has 1 aromatic rings. The standard InChI is InChI=1S/C11H14Cl2N2O3S/c12-9-4-8(5-10(13)11(9)14)19(17,18)15-3-1-2-7(15)6-16/h4-5,7,16H,1-3,6,14H2. The molecule has 0 bridgehead atoms. The Hall–Kier alpha value is -0.530. The minimum Gasteiger partial charge on any atom is -0.396 e. The van der Waals surface area contributed by atoms with E-state index < -0.39 is 10.0 Å². The van der Waals surface area contributed by atoms with Crippen molar-refractivity contribution in [2.45, 2.75) is 23.8 Å². The van der Waals surface area contributed by atoms with Crippen molar-refractivity contribution in [1.82, 2.24) is 4.31 Å². The van der Waals surface area contributed by atoms with Gasteiger partial charge in [0.1, 0.15) is 0 Å². The molecular weight excluding hydrogens is 311 g/mol. The first kappa shape index (κ1) is 14.9. The van der Waals surface area contributed by atoms with Gasteiger partial charge in [-0.3, -0.25) is 0 Å². The molecule has 1 unspecified atom stereocenters. The van der Waals surface area contributed by atoms with E-state index in [1.165, 1.54) is 16.4 Å². The summed E-state index contributed by atoms with van der Waals surface area (Å²) in [6.45, 7) is 0.183. The minimum atomic E-state index is -3.71. The van der Waals surface area contributed by atoms with Crippen LogP contribution in [0.5, 0.6) is 0 Å². The predicted molar refractivity (Wildman–Crippen MR) is 74.9 cm³/mol. The van der Waals surface area contributed by atoms with Gasteiger partial charge in [-0.1, -0.05) is 23.2 Å². The number of nitrogens with two attached hydrogens (primary N) is 1. The van der Waals surface area contributed by atoms with Crippen LogP contribution in [0.3, 0.4) is 0 Å². The van der Waals surface area contributed by atoms with E-state index in [0.717, 1.165) is 6.42 Å². The van der Waals surface area contributed by atoms with Crippen molar-refractivity contribution in [2.24, 2.45) is 0 Å². The Kier molecular flexibility index (Phi) is 4.27. The van der Waals surface area contributed by atoms with E-state index in [1.807, 2.05) is 0 Å². The second-order valence-corrected chi connectivity index (χ2v) is 7.10. The third kappa shape index (κ3) is 2.68. The molecule has 1 aliphatic heterocycles. The highest BCUT2D eigenvalue weighted by atomic mass is 35.5. The van der Waals surface area contributed by atoms with E-state index in [-0.39, 0.29) is 33.3 Å². The second-order valence-electron chi connectivity index (χ2n) is 4.39. The van der Waals surface area contributed by atoms with Gasteiger partial charge in [-0.25, -0.2) is 8.42 Å². The Labute approximate surface area is 122 Å². The molecule has 19 heavy (non-hydrogen) atoms. The van der Waals surface area contributed by atoms with Gasteiger partial charge >= 0.3 is 0 Å². The summed E-state index contributed by atoms with van der Waals surface area (Å²) in [4.78, 5) is -0.00273. The summed E-state index contributed by atoms with van der Waals surface area (Å²) in [5.74, 6) is 0. The van der Waals surface area contributed by atoms with E-state index in [1.54, 1.807) is 0 Å². The quantitative estimate of drug-likeness (QED) is 0.829. The lowest BCUT2D eigenvalue weighted by molar-refractivity contribution is 0.213. The number of hydrogen-bond donors (Lipinski definition) is 2. The van der Waals surface area contributed by atoms with Crippen LogP contribution >= 0.6 is 23.2 Å². The molecule has 1 aromatic carbocycles. The summed E-state index contributed by atoms with van der Waals surface area (Å²) < 4.78 is 26.2. The minimum absolute atomic E-state index is 0.00273. The van der Waals surface area contributed by atoms with Gasteiger partial charge in [-0.15, -0.1) is 0 Å². The molecule has 0 aromatic heterocycles. The Morgan fingerprint density at radius 3 is 2.47 bits per heavy atom. The highest BCUT2D eigenvalue weighted by molar-refractivity contribution is 7.89. The van der Waals surface area contributed by atoms with Crippen LogP contribution in [-0.4, -0.2) is 37.0 Å². The van der Waals surface area contributed by atoms with Crippen molar-refractivity contribution in [3.8, 4) is 0 Å². The van der Waals surface area contributed by atoms with Crippen molar-refractivity contribution in [2.75, 3.05) is 18.9 Å². The van der Waals surface area contributed by atoms with Crippen molar-refractivity contribution in [1.29, 1.82) is 0 Å². The van der Waals surface area contributed by atoms with Crippen molar-refractivity contribution in [3.63, 3.8) is 0 Å². The molecule has 1 atom stereocenters. The Bertz CT molecular complexity index is 569. The highest BCUT2D eigenvalue weighted by Crippen LogP contribution is 2.33. The van der Waals surface area contributed by atoms with Gasteiger partial charge in [0.2, 0.25) is 10.0 Å². The van der Waals surface area contributed by atoms with Crippen molar-refractivity contribution < 1.29 is 13.5 Å². The number of benzene rings is 1. The summed E-state index contributed by atoms with van der Waals surface area (Å²) in [5, 5.41) is 9.43. The molecule has 2 rings (SSSR count). The number of rotatable bonds is 3. The highest BCUT2D eigenvalue weighted by Gasteiger charge is 2.35. The van der Waals surface area contributed by atoms with Gasteiger partial charge < -0.3 is 10.8 Å². The summed E-state index contributed by atoms with van der Waals surface area (Å²) in [5.41, 5.74) is 5.74. The largest absolute Gasteiger partial charge is 0.396 e. The van der Waals surface area contributed by atoms with E-state index in [9.17, 15) is 13.5 Å². The van der Waals surface area contributed by atoms with Gasteiger partial charge in [0, 0.05) is 12.6 Å². The van der Waals surface area contributed by atoms with E-state index in [4.69, 9.17) is 28.9 Å². The fourth-order valence-electron chi connectivity index (χ4n) is 2.15. The van der Waals surface area contributed by atoms with Crippen LogP contribution < -0.4 is 5.73 Å². The molecule has 0 aliphatic carbocycles. The predicted octanol–water partition coefficient (Wildman–Crippen LogP) is 1.72. The van der Waals surface area contributed by atoms with Crippen LogP contribution in [0.4, 0.5) is 5.69 Å². The smallest absolute Gasteiger partial charge is 0.243 e. The Morgan fingerprint density at radius 2 is 1.95 bits per heavy atom. The van der Waals surface area contributed by atoms with Gasteiger partial charge in [0.15, 0.2) is 0 Å². The van der Waals surface area contributed by atoms with Crippen LogP contribution in [0.25, 0.3) is 0 Å². The molecule has 5 nitrogen and oxygen atoms in total. The molecule has 0 spiro atoms. The number of sulfonamides is 1. The van der Waals surface area contributed by atoms with Crippen LogP contribution in [-0.2, 0) is 10.0 Å². The van der Waals surface area contributed by atoms with Crippen molar-refractivity contribution in [3.05, 3.63) is 22.2 Å². The zero-order chi connectivity index (χ0) is 14.2. The van der Waals surface area contributed by atoms with E-state index in [2.05, 4.69) is 0 Å². The van der Waals surface area contributed by atoms with Crippen LogP contribution in [0.2, 0.25) is 10.0 Å². The topological polar surface area (TPSA) is 83.6 Å². The van der Waals surface area contributed by atoms with E-state index in [0.29, 0.717) is 13.0 Å². The lowest BCUT2D eigenvalue weighted by Gasteiger charge is -2.22. The normalized spacial score (nSPS) is 20.9. The van der Waals surface area contributed by atoms with Gasteiger partial charge in [0.25, 0.3) is 0 Å². The molecule has 1 aliphatic rings. The average molecular weight is 325 g/mol. The summed E-state index contributed by atoms with van der Waals surface area (Å²) >= 11 is 11.7. The number of anilines is 1. The lowest BCUT2D eigenvalue weighted by Crippen LogP contribution is -2.37. The fourth-order valence-corrected chi connectivity index (χ4v) is 4.51. The maximum Gasteiger partial charge on any atom is 0.243 e. The number of nitrogen functional groups attached to an aromatic ring is 1. The molecule has 0 saturated carbocycles. The zero-order valence-corrected chi connectivity index (χ0v) is 12.3.